The Balaban J connectivity index is 1.77. The highest BCUT2D eigenvalue weighted by Gasteiger charge is 2.39. The van der Waals surface area contributed by atoms with Crippen molar-refractivity contribution in [2.45, 2.75) is 50.2 Å². The zero-order valence-corrected chi connectivity index (χ0v) is 12.5. The van der Waals surface area contributed by atoms with Crippen molar-refractivity contribution in [1.82, 2.24) is 5.32 Å². The minimum Gasteiger partial charge on any atom is -0.493 e. The van der Waals surface area contributed by atoms with Crippen molar-refractivity contribution < 1.29 is 9.47 Å². The molecule has 0 aliphatic carbocycles. The normalized spacial score (nSPS) is 30.6. The number of nitrogens with one attached hydrogen (secondary N) is 1. The molecule has 3 atom stereocenters. The van der Waals surface area contributed by atoms with Crippen LogP contribution in [0.4, 0.5) is 0 Å². The molecule has 1 saturated heterocycles. The molecule has 0 amide bonds. The number of fused-ring (bicyclic) bond motifs is 1. The van der Waals surface area contributed by atoms with Gasteiger partial charge in [0.2, 0.25) is 0 Å². The van der Waals surface area contributed by atoms with Crippen LogP contribution in [-0.4, -0.2) is 31.9 Å². The van der Waals surface area contributed by atoms with Gasteiger partial charge in [-0.3, -0.25) is 0 Å². The summed E-state index contributed by atoms with van der Waals surface area (Å²) in [6, 6.07) is 8.87. The van der Waals surface area contributed by atoms with Crippen molar-refractivity contribution in [2.75, 3.05) is 20.3 Å². The number of hydrogen-bond donors (Lipinski definition) is 1. The number of likely N-dealkylation sites (N-methyl/N-ethyl adjacent to an activating group) is 1. The molecular weight excluding hydrogens is 250 g/mol. The molecule has 0 bridgehead atoms. The lowest BCUT2D eigenvalue weighted by molar-refractivity contribution is -0.0145. The van der Waals surface area contributed by atoms with Gasteiger partial charge in [0, 0.05) is 12.6 Å². The number of para-hydroxylation sites is 1. The maximum atomic E-state index is 6.03. The van der Waals surface area contributed by atoms with Crippen molar-refractivity contribution in [3.63, 3.8) is 0 Å². The fourth-order valence-corrected chi connectivity index (χ4v) is 3.69. The summed E-state index contributed by atoms with van der Waals surface area (Å²) in [6.45, 7) is 3.99. The summed E-state index contributed by atoms with van der Waals surface area (Å²) in [6.07, 6.45) is 4.56. The van der Waals surface area contributed by atoms with Crippen LogP contribution in [0.25, 0.3) is 0 Å². The van der Waals surface area contributed by atoms with Crippen LogP contribution in [-0.2, 0) is 4.74 Å². The molecule has 20 heavy (non-hydrogen) atoms. The molecule has 110 valence electrons. The van der Waals surface area contributed by atoms with Crippen LogP contribution in [0.3, 0.4) is 0 Å². The first-order valence-electron chi connectivity index (χ1n) is 7.76. The van der Waals surface area contributed by atoms with Crippen LogP contribution in [0.2, 0.25) is 0 Å². The Morgan fingerprint density at radius 1 is 1.35 bits per heavy atom. The van der Waals surface area contributed by atoms with E-state index in [4.69, 9.17) is 9.47 Å². The van der Waals surface area contributed by atoms with Gasteiger partial charge in [0.15, 0.2) is 0 Å². The predicted octanol–water partition coefficient (Wildman–Crippen LogP) is 3.10. The molecule has 2 aliphatic heterocycles. The highest BCUT2D eigenvalue weighted by atomic mass is 16.5. The summed E-state index contributed by atoms with van der Waals surface area (Å²) < 4.78 is 11.8. The molecule has 0 radical (unpaired) electrons. The van der Waals surface area contributed by atoms with Crippen molar-refractivity contribution in [3.8, 4) is 5.75 Å². The summed E-state index contributed by atoms with van der Waals surface area (Å²) in [5.74, 6) is 1.63. The van der Waals surface area contributed by atoms with E-state index in [-0.39, 0.29) is 5.60 Å². The Kier molecular flexibility index (Phi) is 3.99. The number of rotatable bonds is 4. The van der Waals surface area contributed by atoms with Crippen LogP contribution in [0, 0.1) is 0 Å². The van der Waals surface area contributed by atoms with Crippen LogP contribution >= 0.6 is 0 Å². The third-order valence-corrected chi connectivity index (χ3v) is 4.94. The zero-order chi connectivity index (χ0) is 14.0. The number of benzene rings is 1. The molecule has 2 heterocycles. The molecule has 0 saturated carbocycles. The molecule has 1 fully saturated rings. The van der Waals surface area contributed by atoms with Gasteiger partial charge in [-0.1, -0.05) is 18.2 Å². The SMILES string of the molecule is CNC(CC1CCOc2ccccc21)C1(C)CCCO1. The molecule has 1 aromatic rings. The van der Waals surface area contributed by atoms with Crippen molar-refractivity contribution in [2.24, 2.45) is 0 Å². The Bertz CT molecular complexity index is 454. The van der Waals surface area contributed by atoms with E-state index < -0.39 is 0 Å². The van der Waals surface area contributed by atoms with Crippen LogP contribution in [0.1, 0.15) is 44.1 Å². The summed E-state index contributed by atoms with van der Waals surface area (Å²) in [5, 5.41) is 3.50. The zero-order valence-electron chi connectivity index (χ0n) is 12.5. The van der Waals surface area contributed by atoms with Crippen LogP contribution in [0.15, 0.2) is 24.3 Å². The summed E-state index contributed by atoms with van der Waals surface area (Å²) in [4.78, 5) is 0. The Morgan fingerprint density at radius 2 is 2.20 bits per heavy atom. The second kappa shape index (κ2) is 5.74. The first kappa shape index (κ1) is 13.9. The topological polar surface area (TPSA) is 30.5 Å². The molecular formula is C17H25NO2. The fraction of sp³-hybridized carbons (Fsp3) is 0.647. The summed E-state index contributed by atoms with van der Waals surface area (Å²) in [7, 11) is 2.06. The second-order valence-corrected chi connectivity index (χ2v) is 6.21. The van der Waals surface area contributed by atoms with Gasteiger partial charge in [-0.15, -0.1) is 0 Å². The van der Waals surface area contributed by atoms with Gasteiger partial charge >= 0.3 is 0 Å². The fourth-order valence-electron chi connectivity index (χ4n) is 3.69. The molecule has 3 rings (SSSR count). The largest absolute Gasteiger partial charge is 0.493 e. The Labute approximate surface area is 121 Å². The Hall–Kier alpha value is -1.06. The molecule has 0 spiro atoms. The average Bonchev–Trinajstić information content (AvgIpc) is 2.92. The molecule has 1 N–H and O–H groups in total. The lowest BCUT2D eigenvalue weighted by Crippen LogP contribution is -2.48. The van der Waals surface area contributed by atoms with E-state index in [9.17, 15) is 0 Å². The smallest absolute Gasteiger partial charge is 0.122 e. The van der Waals surface area contributed by atoms with E-state index in [1.807, 2.05) is 0 Å². The highest BCUT2D eigenvalue weighted by Crippen LogP contribution is 2.39. The standard InChI is InChI=1S/C17H25NO2/c1-17(9-5-10-20-17)16(18-2)12-13-8-11-19-15-7-4-3-6-14(13)15/h3-4,6-7,13,16,18H,5,8-12H2,1-2H3. The van der Waals surface area contributed by atoms with E-state index in [1.165, 1.54) is 12.0 Å². The summed E-state index contributed by atoms with van der Waals surface area (Å²) >= 11 is 0. The van der Waals surface area contributed by atoms with Gasteiger partial charge in [0.05, 0.1) is 12.2 Å². The van der Waals surface area contributed by atoms with E-state index in [0.29, 0.717) is 12.0 Å². The predicted molar refractivity (Wildman–Crippen MR) is 80.4 cm³/mol. The molecule has 0 aromatic heterocycles. The molecule has 1 aromatic carbocycles. The molecule has 2 aliphatic rings. The Morgan fingerprint density at radius 3 is 2.95 bits per heavy atom. The van der Waals surface area contributed by atoms with Crippen molar-refractivity contribution in [1.29, 1.82) is 0 Å². The monoisotopic (exact) mass is 275 g/mol. The lowest BCUT2D eigenvalue weighted by Gasteiger charge is -2.37. The maximum absolute atomic E-state index is 6.03. The van der Waals surface area contributed by atoms with Gasteiger partial charge < -0.3 is 14.8 Å². The number of hydrogen-bond acceptors (Lipinski definition) is 3. The second-order valence-electron chi connectivity index (χ2n) is 6.21. The average molecular weight is 275 g/mol. The van der Waals surface area contributed by atoms with Crippen molar-refractivity contribution >= 4 is 0 Å². The third-order valence-electron chi connectivity index (χ3n) is 4.94. The van der Waals surface area contributed by atoms with Gasteiger partial charge in [0.25, 0.3) is 0 Å². The van der Waals surface area contributed by atoms with Gasteiger partial charge in [-0.2, -0.15) is 0 Å². The first-order valence-corrected chi connectivity index (χ1v) is 7.76. The van der Waals surface area contributed by atoms with E-state index in [0.717, 1.165) is 38.2 Å². The quantitative estimate of drug-likeness (QED) is 0.916. The maximum Gasteiger partial charge on any atom is 0.122 e. The summed E-state index contributed by atoms with van der Waals surface area (Å²) in [5.41, 5.74) is 1.35. The molecule has 3 heteroatoms. The third kappa shape index (κ3) is 2.57. The lowest BCUT2D eigenvalue weighted by atomic mass is 9.81. The minimum atomic E-state index is -0.0119. The van der Waals surface area contributed by atoms with Gasteiger partial charge in [-0.25, -0.2) is 0 Å². The van der Waals surface area contributed by atoms with Gasteiger partial charge in [0.1, 0.15) is 5.75 Å². The molecule has 3 nitrogen and oxygen atoms in total. The van der Waals surface area contributed by atoms with Crippen LogP contribution in [0.5, 0.6) is 5.75 Å². The first-order chi connectivity index (χ1) is 9.73. The van der Waals surface area contributed by atoms with Gasteiger partial charge in [-0.05, 0) is 57.2 Å². The van der Waals surface area contributed by atoms with E-state index in [1.54, 1.807) is 0 Å². The van der Waals surface area contributed by atoms with E-state index >= 15 is 0 Å². The minimum absolute atomic E-state index is 0.0119. The highest BCUT2D eigenvalue weighted by molar-refractivity contribution is 5.37. The van der Waals surface area contributed by atoms with E-state index in [2.05, 4.69) is 43.6 Å². The van der Waals surface area contributed by atoms with Crippen LogP contribution < -0.4 is 10.1 Å². The van der Waals surface area contributed by atoms with Crippen molar-refractivity contribution in [3.05, 3.63) is 29.8 Å². The molecule has 3 unspecified atom stereocenters. The number of ether oxygens (including phenoxy) is 2.